The van der Waals surface area contributed by atoms with Crippen LogP contribution in [0.4, 0.5) is 0 Å². The molecule has 17 heavy (non-hydrogen) atoms. The molecule has 1 saturated heterocycles. The molecule has 2 rings (SSSR count). The third kappa shape index (κ3) is 2.47. The van der Waals surface area contributed by atoms with Gasteiger partial charge >= 0.3 is 0 Å². The lowest BCUT2D eigenvalue weighted by atomic mass is 10.1. The molecule has 0 radical (unpaired) electrons. The van der Waals surface area contributed by atoms with E-state index in [-0.39, 0.29) is 12.2 Å². The van der Waals surface area contributed by atoms with Crippen LogP contribution < -0.4 is 5.32 Å². The van der Waals surface area contributed by atoms with Gasteiger partial charge in [0.1, 0.15) is 0 Å². The molecule has 1 heterocycles. The van der Waals surface area contributed by atoms with Crippen LogP contribution in [0.25, 0.3) is 0 Å². The molecule has 1 N–H and O–H groups in total. The number of methoxy groups -OCH3 is 1. The maximum Gasteiger partial charge on any atom is 0.241 e. The quantitative estimate of drug-likeness (QED) is 0.809. The number of rotatable bonds is 4. The van der Waals surface area contributed by atoms with E-state index in [4.69, 9.17) is 4.74 Å². The summed E-state index contributed by atoms with van der Waals surface area (Å²) in [5, 5.41) is 3.40. The molecule has 0 spiro atoms. The van der Waals surface area contributed by atoms with E-state index in [0.29, 0.717) is 18.1 Å². The Morgan fingerprint density at radius 1 is 1.47 bits per heavy atom. The molecule has 2 aliphatic rings. The van der Waals surface area contributed by atoms with Gasteiger partial charge < -0.3 is 9.64 Å². The average Bonchev–Trinajstić information content (AvgIpc) is 2.86. The van der Waals surface area contributed by atoms with E-state index in [2.05, 4.69) is 24.1 Å². The summed E-state index contributed by atoms with van der Waals surface area (Å²) in [5.41, 5.74) is 0. The van der Waals surface area contributed by atoms with Crippen LogP contribution >= 0.6 is 0 Å². The van der Waals surface area contributed by atoms with E-state index < -0.39 is 0 Å². The Labute approximate surface area is 104 Å². The summed E-state index contributed by atoms with van der Waals surface area (Å²) >= 11 is 0. The molecule has 0 aromatic carbocycles. The van der Waals surface area contributed by atoms with Gasteiger partial charge in [0.15, 0.2) is 0 Å². The van der Waals surface area contributed by atoms with Crippen molar-refractivity contribution in [3.05, 3.63) is 0 Å². The minimum atomic E-state index is 0.0385. The maximum absolute atomic E-state index is 12.3. The molecule has 0 bridgehead atoms. The summed E-state index contributed by atoms with van der Waals surface area (Å²) < 4.78 is 5.39. The lowest BCUT2D eigenvalue weighted by molar-refractivity contribution is -0.132. The van der Waals surface area contributed by atoms with Crippen LogP contribution in [0.2, 0.25) is 0 Å². The number of nitrogens with one attached hydrogen (secondary N) is 1. The highest BCUT2D eigenvalue weighted by Gasteiger charge is 2.42. The maximum atomic E-state index is 12.3. The number of nitrogens with zero attached hydrogens (tertiary/aromatic N) is 1. The van der Waals surface area contributed by atoms with E-state index in [1.165, 1.54) is 0 Å². The highest BCUT2D eigenvalue weighted by atomic mass is 16.5. The molecule has 1 amide bonds. The fourth-order valence-electron chi connectivity index (χ4n) is 3.19. The summed E-state index contributed by atoms with van der Waals surface area (Å²) in [6, 6.07) is 0.411. The Kier molecular flexibility index (Phi) is 4.05. The van der Waals surface area contributed by atoms with Crippen molar-refractivity contribution in [3.63, 3.8) is 0 Å². The van der Waals surface area contributed by atoms with Gasteiger partial charge in [0.05, 0.1) is 18.3 Å². The van der Waals surface area contributed by atoms with Gasteiger partial charge in [-0.15, -0.1) is 0 Å². The lowest BCUT2D eigenvalue weighted by Gasteiger charge is -2.28. The Balaban J connectivity index is 1.99. The van der Waals surface area contributed by atoms with Gasteiger partial charge in [-0.3, -0.25) is 10.1 Å². The Bertz CT molecular complexity index is 283. The molecule has 0 aromatic rings. The van der Waals surface area contributed by atoms with E-state index in [0.717, 1.165) is 32.1 Å². The van der Waals surface area contributed by atoms with Gasteiger partial charge in [0.25, 0.3) is 0 Å². The summed E-state index contributed by atoms with van der Waals surface area (Å²) in [5.74, 6) is 0.293. The predicted molar refractivity (Wildman–Crippen MR) is 66.6 cm³/mol. The zero-order valence-electron chi connectivity index (χ0n) is 11.1. The van der Waals surface area contributed by atoms with Crippen molar-refractivity contribution in [1.29, 1.82) is 0 Å². The smallest absolute Gasteiger partial charge is 0.241 e. The zero-order chi connectivity index (χ0) is 12.4. The van der Waals surface area contributed by atoms with Gasteiger partial charge in [0, 0.05) is 13.2 Å². The molecule has 98 valence electrons. The minimum absolute atomic E-state index is 0.0385. The molecule has 1 aliphatic carbocycles. The van der Waals surface area contributed by atoms with Crippen LogP contribution in [0.15, 0.2) is 0 Å². The van der Waals surface area contributed by atoms with E-state index in [1.807, 2.05) is 0 Å². The standard InChI is InChI=1S/C13H24N2O2/c1-4-5-12-13(16)15(9(2)14-12)10-6-7-11(8-10)17-3/h9-12,14H,4-8H2,1-3H3. The van der Waals surface area contributed by atoms with Crippen molar-refractivity contribution < 1.29 is 9.53 Å². The Morgan fingerprint density at radius 3 is 2.82 bits per heavy atom. The number of ether oxygens (including phenoxy) is 1. The monoisotopic (exact) mass is 240 g/mol. The highest BCUT2D eigenvalue weighted by Crippen LogP contribution is 2.30. The van der Waals surface area contributed by atoms with Crippen LogP contribution in [0.3, 0.4) is 0 Å². The van der Waals surface area contributed by atoms with Gasteiger partial charge in [-0.25, -0.2) is 0 Å². The first-order valence-electron chi connectivity index (χ1n) is 6.78. The molecule has 1 saturated carbocycles. The van der Waals surface area contributed by atoms with Crippen molar-refractivity contribution in [3.8, 4) is 0 Å². The fourth-order valence-corrected chi connectivity index (χ4v) is 3.19. The SMILES string of the molecule is CCCC1NC(C)N(C2CCC(OC)C2)C1=O. The number of hydrogen-bond donors (Lipinski definition) is 1. The summed E-state index contributed by atoms with van der Waals surface area (Å²) in [7, 11) is 1.76. The number of hydrogen-bond acceptors (Lipinski definition) is 3. The first-order chi connectivity index (χ1) is 8.17. The molecule has 4 nitrogen and oxygen atoms in total. The third-order valence-corrected chi connectivity index (χ3v) is 4.07. The summed E-state index contributed by atoms with van der Waals surface area (Å²) in [6.45, 7) is 4.21. The van der Waals surface area contributed by atoms with Gasteiger partial charge in [-0.1, -0.05) is 13.3 Å². The van der Waals surface area contributed by atoms with Crippen LogP contribution in [0.1, 0.15) is 46.0 Å². The Hall–Kier alpha value is -0.610. The number of carbonyl (C=O) groups is 1. The van der Waals surface area contributed by atoms with Crippen LogP contribution in [0, 0.1) is 0 Å². The first-order valence-corrected chi connectivity index (χ1v) is 6.78. The minimum Gasteiger partial charge on any atom is -0.381 e. The van der Waals surface area contributed by atoms with E-state index >= 15 is 0 Å². The van der Waals surface area contributed by atoms with Crippen molar-refractivity contribution in [2.75, 3.05) is 7.11 Å². The fraction of sp³-hybridized carbons (Fsp3) is 0.923. The number of amides is 1. The highest BCUT2D eigenvalue weighted by molar-refractivity contribution is 5.84. The zero-order valence-corrected chi connectivity index (χ0v) is 11.1. The molecular weight excluding hydrogens is 216 g/mol. The topological polar surface area (TPSA) is 41.6 Å². The lowest BCUT2D eigenvalue weighted by Crippen LogP contribution is -2.42. The molecular formula is C13H24N2O2. The first kappa shape index (κ1) is 12.8. The van der Waals surface area contributed by atoms with Crippen LogP contribution in [-0.2, 0) is 9.53 Å². The normalized spacial score (nSPS) is 38.1. The van der Waals surface area contributed by atoms with Crippen molar-refractivity contribution in [2.24, 2.45) is 0 Å². The van der Waals surface area contributed by atoms with Crippen LogP contribution in [-0.4, -0.2) is 42.3 Å². The van der Waals surface area contributed by atoms with E-state index in [9.17, 15) is 4.79 Å². The van der Waals surface area contributed by atoms with Gasteiger partial charge in [-0.2, -0.15) is 0 Å². The second-order valence-corrected chi connectivity index (χ2v) is 5.25. The van der Waals surface area contributed by atoms with Gasteiger partial charge in [0.2, 0.25) is 5.91 Å². The predicted octanol–water partition coefficient (Wildman–Crippen LogP) is 1.50. The largest absolute Gasteiger partial charge is 0.381 e. The molecule has 1 aliphatic heterocycles. The van der Waals surface area contributed by atoms with E-state index in [1.54, 1.807) is 7.11 Å². The molecule has 0 aromatic heterocycles. The molecule has 4 heteroatoms. The molecule has 4 atom stereocenters. The second-order valence-electron chi connectivity index (χ2n) is 5.25. The molecule has 2 fully saturated rings. The number of carbonyl (C=O) groups excluding carboxylic acids is 1. The average molecular weight is 240 g/mol. The summed E-state index contributed by atoms with van der Waals surface area (Å²) in [6.07, 6.45) is 5.66. The molecule has 4 unspecified atom stereocenters. The van der Waals surface area contributed by atoms with Crippen molar-refractivity contribution >= 4 is 5.91 Å². The van der Waals surface area contributed by atoms with Gasteiger partial charge in [-0.05, 0) is 32.6 Å². The van der Waals surface area contributed by atoms with Crippen LogP contribution in [0.5, 0.6) is 0 Å². The van der Waals surface area contributed by atoms with Crippen molar-refractivity contribution in [1.82, 2.24) is 10.2 Å². The third-order valence-electron chi connectivity index (χ3n) is 4.07. The second kappa shape index (κ2) is 5.36. The Morgan fingerprint density at radius 2 is 2.24 bits per heavy atom. The summed E-state index contributed by atoms with van der Waals surface area (Å²) in [4.78, 5) is 14.4. The van der Waals surface area contributed by atoms with Crippen molar-refractivity contribution in [2.45, 2.75) is 70.3 Å².